The first-order valence-electron chi connectivity index (χ1n) is 7.16. The second kappa shape index (κ2) is 8.46. The van der Waals surface area contributed by atoms with Gasteiger partial charge in [-0.05, 0) is 19.1 Å². The van der Waals surface area contributed by atoms with Crippen LogP contribution in [-0.4, -0.2) is 39.9 Å². The number of amides is 1. The SMILES string of the molecule is CC(=O)OCCOCn1nc(C(N)=O)nc1Sc1cccc(C)c1. The Labute approximate surface area is 143 Å². The molecule has 0 aliphatic rings. The molecule has 1 heterocycles. The predicted molar refractivity (Wildman–Crippen MR) is 86.4 cm³/mol. The minimum Gasteiger partial charge on any atom is -0.463 e. The van der Waals surface area contributed by atoms with Gasteiger partial charge in [0.2, 0.25) is 5.82 Å². The maximum Gasteiger partial charge on any atom is 0.302 e. The lowest BCUT2D eigenvalue weighted by atomic mass is 10.2. The molecule has 0 saturated carbocycles. The molecule has 128 valence electrons. The highest BCUT2D eigenvalue weighted by atomic mass is 32.2. The Morgan fingerprint density at radius 1 is 1.33 bits per heavy atom. The van der Waals surface area contributed by atoms with Crippen LogP contribution >= 0.6 is 11.8 Å². The van der Waals surface area contributed by atoms with Gasteiger partial charge in [-0.3, -0.25) is 9.59 Å². The lowest BCUT2D eigenvalue weighted by Gasteiger charge is -2.07. The minimum atomic E-state index is -0.709. The molecule has 0 atom stereocenters. The zero-order valence-corrected chi connectivity index (χ0v) is 14.2. The Balaban J connectivity index is 2.05. The van der Waals surface area contributed by atoms with Gasteiger partial charge in [0, 0.05) is 11.8 Å². The molecule has 0 spiro atoms. The van der Waals surface area contributed by atoms with E-state index in [1.807, 2.05) is 31.2 Å². The Morgan fingerprint density at radius 2 is 2.12 bits per heavy atom. The number of benzene rings is 1. The quantitative estimate of drug-likeness (QED) is 0.565. The summed E-state index contributed by atoms with van der Waals surface area (Å²) in [5.41, 5.74) is 6.35. The Kier molecular flexibility index (Phi) is 6.33. The van der Waals surface area contributed by atoms with Crippen molar-refractivity contribution < 1.29 is 19.1 Å². The van der Waals surface area contributed by atoms with Gasteiger partial charge in [-0.1, -0.05) is 29.5 Å². The number of nitrogens with two attached hydrogens (primary N) is 1. The molecule has 1 aromatic carbocycles. The van der Waals surface area contributed by atoms with Crippen molar-refractivity contribution in [2.24, 2.45) is 5.73 Å². The van der Waals surface area contributed by atoms with E-state index in [2.05, 4.69) is 10.1 Å². The fraction of sp³-hybridized carbons (Fsp3) is 0.333. The molecular formula is C15H18N4O4S. The summed E-state index contributed by atoms with van der Waals surface area (Å²) in [6, 6.07) is 7.85. The van der Waals surface area contributed by atoms with Gasteiger partial charge in [0.1, 0.15) is 13.3 Å². The van der Waals surface area contributed by atoms with Crippen molar-refractivity contribution in [2.75, 3.05) is 13.2 Å². The Bertz CT molecular complexity index is 732. The van der Waals surface area contributed by atoms with Crippen molar-refractivity contribution in [2.45, 2.75) is 30.6 Å². The normalized spacial score (nSPS) is 10.6. The summed E-state index contributed by atoms with van der Waals surface area (Å²) in [5.74, 6) is -1.15. The van der Waals surface area contributed by atoms with Crippen LogP contribution in [0.1, 0.15) is 23.1 Å². The van der Waals surface area contributed by atoms with Crippen LogP contribution in [0.25, 0.3) is 0 Å². The summed E-state index contributed by atoms with van der Waals surface area (Å²) in [4.78, 5) is 27.1. The standard InChI is InChI=1S/C15H18N4O4S/c1-10-4-3-5-12(8-10)24-15-17-14(13(16)21)18-19(15)9-22-6-7-23-11(2)20/h3-5,8H,6-7,9H2,1-2H3,(H2,16,21). The molecule has 2 rings (SSSR count). The molecule has 1 amide bonds. The van der Waals surface area contributed by atoms with Crippen LogP contribution in [0.4, 0.5) is 0 Å². The Morgan fingerprint density at radius 3 is 2.79 bits per heavy atom. The first kappa shape index (κ1) is 18.0. The number of nitrogens with zero attached hydrogens (tertiary/aromatic N) is 3. The average Bonchev–Trinajstić information content (AvgIpc) is 2.90. The molecule has 0 aliphatic carbocycles. The monoisotopic (exact) mass is 350 g/mol. The van der Waals surface area contributed by atoms with Crippen molar-refractivity contribution in [3.8, 4) is 0 Å². The van der Waals surface area contributed by atoms with Crippen molar-refractivity contribution in [3.63, 3.8) is 0 Å². The predicted octanol–water partition coefficient (Wildman–Crippen LogP) is 1.37. The van der Waals surface area contributed by atoms with Crippen LogP contribution in [0.5, 0.6) is 0 Å². The average molecular weight is 350 g/mol. The number of esters is 1. The third-order valence-corrected chi connectivity index (χ3v) is 3.78. The molecule has 0 bridgehead atoms. The van der Waals surface area contributed by atoms with Crippen LogP contribution in [-0.2, 0) is 21.0 Å². The molecule has 24 heavy (non-hydrogen) atoms. The lowest BCUT2D eigenvalue weighted by molar-refractivity contribution is -0.143. The van der Waals surface area contributed by atoms with Gasteiger partial charge < -0.3 is 15.2 Å². The number of carbonyl (C=O) groups is 2. The maximum absolute atomic E-state index is 11.3. The second-order valence-corrected chi connectivity index (χ2v) is 5.92. The van der Waals surface area contributed by atoms with E-state index in [0.29, 0.717) is 5.16 Å². The van der Waals surface area contributed by atoms with Gasteiger partial charge in [0.15, 0.2) is 5.16 Å². The number of aromatic nitrogens is 3. The van der Waals surface area contributed by atoms with Gasteiger partial charge in [-0.15, -0.1) is 5.10 Å². The lowest BCUT2D eigenvalue weighted by Crippen LogP contribution is -2.15. The van der Waals surface area contributed by atoms with E-state index in [0.717, 1.165) is 10.5 Å². The van der Waals surface area contributed by atoms with E-state index < -0.39 is 5.91 Å². The van der Waals surface area contributed by atoms with Crippen LogP contribution in [0.3, 0.4) is 0 Å². The molecule has 2 aromatic rings. The van der Waals surface area contributed by atoms with E-state index in [-0.39, 0.29) is 31.7 Å². The van der Waals surface area contributed by atoms with Crippen molar-refractivity contribution >= 4 is 23.6 Å². The Hall–Kier alpha value is -2.39. The molecule has 8 nitrogen and oxygen atoms in total. The molecule has 0 radical (unpaired) electrons. The fourth-order valence-corrected chi connectivity index (χ4v) is 2.70. The first-order valence-corrected chi connectivity index (χ1v) is 7.97. The largest absolute Gasteiger partial charge is 0.463 e. The van der Waals surface area contributed by atoms with E-state index in [4.69, 9.17) is 15.2 Å². The molecule has 1 aromatic heterocycles. The second-order valence-electron chi connectivity index (χ2n) is 4.88. The maximum atomic E-state index is 11.3. The third kappa shape index (κ3) is 5.36. The molecule has 0 saturated heterocycles. The van der Waals surface area contributed by atoms with Crippen LogP contribution in [0.15, 0.2) is 34.3 Å². The van der Waals surface area contributed by atoms with Crippen molar-refractivity contribution in [1.29, 1.82) is 0 Å². The number of rotatable bonds is 8. The number of carbonyl (C=O) groups excluding carboxylic acids is 2. The van der Waals surface area contributed by atoms with E-state index >= 15 is 0 Å². The smallest absolute Gasteiger partial charge is 0.302 e. The summed E-state index contributed by atoms with van der Waals surface area (Å²) in [6.45, 7) is 3.73. The van der Waals surface area contributed by atoms with Gasteiger partial charge in [-0.25, -0.2) is 4.68 Å². The molecule has 0 unspecified atom stereocenters. The molecular weight excluding hydrogens is 332 g/mol. The topological polar surface area (TPSA) is 109 Å². The number of hydrogen-bond acceptors (Lipinski definition) is 7. The van der Waals surface area contributed by atoms with Crippen molar-refractivity contribution in [1.82, 2.24) is 14.8 Å². The highest BCUT2D eigenvalue weighted by Gasteiger charge is 2.15. The van der Waals surface area contributed by atoms with Gasteiger partial charge >= 0.3 is 5.97 Å². The van der Waals surface area contributed by atoms with Gasteiger partial charge in [0.05, 0.1) is 6.61 Å². The summed E-state index contributed by atoms with van der Waals surface area (Å²) >= 11 is 1.35. The zero-order valence-electron chi connectivity index (χ0n) is 13.4. The van der Waals surface area contributed by atoms with Crippen LogP contribution in [0.2, 0.25) is 0 Å². The third-order valence-electron chi connectivity index (χ3n) is 2.80. The number of primary amides is 1. The minimum absolute atomic E-state index is 0.0652. The van der Waals surface area contributed by atoms with Crippen molar-refractivity contribution in [3.05, 3.63) is 35.7 Å². The molecule has 0 fully saturated rings. The highest BCUT2D eigenvalue weighted by molar-refractivity contribution is 7.99. The van der Waals surface area contributed by atoms with E-state index in [9.17, 15) is 9.59 Å². The number of ether oxygens (including phenoxy) is 2. The van der Waals surface area contributed by atoms with Gasteiger partial charge in [0.25, 0.3) is 5.91 Å². The zero-order chi connectivity index (χ0) is 17.5. The first-order chi connectivity index (χ1) is 11.5. The summed E-state index contributed by atoms with van der Waals surface area (Å²) in [6.07, 6.45) is 0. The molecule has 9 heteroatoms. The van der Waals surface area contributed by atoms with E-state index in [1.54, 1.807) is 0 Å². The van der Waals surface area contributed by atoms with Gasteiger partial charge in [-0.2, -0.15) is 4.98 Å². The highest BCUT2D eigenvalue weighted by Crippen LogP contribution is 2.26. The number of aryl methyl sites for hydroxylation is 1. The van der Waals surface area contributed by atoms with Crippen LogP contribution in [0, 0.1) is 6.92 Å². The fourth-order valence-electron chi connectivity index (χ4n) is 1.77. The van der Waals surface area contributed by atoms with E-state index in [1.165, 1.54) is 23.4 Å². The van der Waals surface area contributed by atoms with Crippen LogP contribution < -0.4 is 5.73 Å². The summed E-state index contributed by atoms with van der Waals surface area (Å²) in [5, 5.41) is 4.53. The summed E-state index contributed by atoms with van der Waals surface area (Å²) < 4.78 is 11.6. The number of hydrogen-bond donors (Lipinski definition) is 1. The molecule has 2 N–H and O–H groups in total. The molecule has 0 aliphatic heterocycles. The summed E-state index contributed by atoms with van der Waals surface area (Å²) in [7, 11) is 0.